The Morgan fingerprint density at radius 2 is 2.13 bits per heavy atom. The third kappa shape index (κ3) is 1.62. The molecule has 2 N–H and O–H groups in total. The number of benzene rings is 1. The first-order valence-corrected chi connectivity index (χ1v) is 3.93. The first-order valence-electron chi connectivity index (χ1n) is 3.93. The van der Waals surface area contributed by atoms with Gasteiger partial charge in [0.05, 0.1) is 0 Å². The fourth-order valence-electron chi connectivity index (χ4n) is 1.07. The normalized spacial score (nSPS) is 10.1. The number of aromatic amines is 1. The number of rotatable bonds is 1. The standard InChI is InChI=1S/C8H5N3O4/c12-7(13)8(14)15-5-3-1-2-4-6(5)10-11-9-4/h1-3H,(H,12,13)(H,9,10,11). The van der Waals surface area contributed by atoms with E-state index in [1.54, 1.807) is 12.1 Å². The fourth-order valence-corrected chi connectivity index (χ4v) is 1.07. The topological polar surface area (TPSA) is 105 Å². The van der Waals surface area contributed by atoms with Crippen LogP contribution in [0.15, 0.2) is 18.2 Å². The van der Waals surface area contributed by atoms with Crippen LogP contribution in [0.1, 0.15) is 0 Å². The van der Waals surface area contributed by atoms with E-state index in [0.29, 0.717) is 11.0 Å². The average molecular weight is 207 g/mol. The second-order valence-electron chi connectivity index (χ2n) is 2.64. The zero-order valence-corrected chi connectivity index (χ0v) is 7.30. The molecule has 0 aliphatic carbocycles. The van der Waals surface area contributed by atoms with Gasteiger partial charge in [0.1, 0.15) is 5.52 Å². The van der Waals surface area contributed by atoms with Gasteiger partial charge in [-0.25, -0.2) is 9.59 Å². The van der Waals surface area contributed by atoms with E-state index in [-0.39, 0.29) is 5.75 Å². The summed E-state index contributed by atoms with van der Waals surface area (Å²) >= 11 is 0. The Morgan fingerprint density at radius 1 is 1.33 bits per heavy atom. The fraction of sp³-hybridized carbons (Fsp3) is 0. The monoisotopic (exact) mass is 207 g/mol. The number of carbonyl (C=O) groups is 2. The third-order valence-electron chi connectivity index (χ3n) is 1.69. The van der Waals surface area contributed by atoms with Gasteiger partial charge in [-0.2, -0.15) is 15.4 Å². The summed E-state index contributed by atoms with van der Waals surface area (Å²) in [5.74, 6) is -2.95. The second kappa shape index (κ2) is 3.37. The van der Waals surface area contributed by atoms with Gasteiger partial charge < -0.3 is 9.84 Å². The molecule has 0 bridgehead atoms. The molecular formula is C8H5N3O4. The van der Waals surface area contributed by atoms with Crippen molar-refractivity contribution in [3.8, 4) is 5.75 Å². The molecule has 0 radical (unpaired) electrons. The van der Waals surface area contributed by atoms with Gasteiger partial charge in [0.25, 0.3) is 0 Å². The number of carbonyl (C=O) groups excluding carboxylic acids is 1. The van der Waals surface area contributed by atoms with E-state index in [1.165, 1.54) is 6.07 Å². The van der Waals surface area contributed by atoms with Gasteiger partial charge in [-0.1, -0.05) is 6.07 Å². The highest BCUT2D eigenvalue weighted by atomic mass is 16.6. The zero-order chi connectivity index (χ0) is 10.8. The molecule has 76 valence electrons. The summed E-state index contributed by atoms with van der Waals surface area (Å²) < 4.78 is 4.59. The summed E-state index contributed by atoms with van der Waals surface area (Å²) in [6, 6.07) is 4.66. The van der Waals surface area contributed by atoms with Crippen LogP contribution in [-0.2, 0) is 9.59 Å². The Hall–Kier alpha value is -2.44. The van der Waals surface area contributed by atoms with E-state index in [2.05, 4.69) is 20.1 Å². The van der Waals surface area contributed by atoms with Crippen molar-refractivity contribution in [1.82, 2.24) is 15.4 Å². The molecule has 0 aliphatic rings. The van der Waals surface area contributed by atoms with E-state index in [0.717, 1.165) is 0 Å². The van der Waals surface area contributed by atoms with Crippen molar-refractivity contribution >= 4 is 23.0 Å². The molecule has 0 spiro atoms. The summed E-state index contributed by atoms with van der Waals surface area (Å²) in [6.45, 7) is 0. The van der Waals surface area contributed by atoms with Crippen molar-refractivity contribution in [2.75, 3.05) is 0 Å². The molecule has 1 aromatic carbocycles. The van der Waals surface area contributed by atoms with Gasteiger partial charge in [0.15, 0.2) is 11.3 Å². The Balaban J connectivity index is 2.39. The highest BCUT2D eigenvalue weighted by molar-refractivity contribution is 6.29. The lowest BCUT2D eigenvalue weighted by Crippen LogP contribution is -2.19. The Bertz CT molecular complexity index is 533. The molecule has 0 fully saturated rings. The molecule has 7 heteroatoms. The lowest BCUT2D eigenvalue weighted by atomic mass is 10.3. The van der Waals surface area contributed by atoms with Gasteiger partial charge in [-0.15, -0.1) is 0 Å². The number of fused-ring (bicyclic) bond motifs is 1. The van der Waals surface area contributed by atoms with Crippen molar-refractivity contribution in [3.63, 3.8) is 0 Å². The number of hydrogen-bond donors (Lipinski definition) is 2. The Morgan fingerprint density at radius 3 is 2.87 bits per heavy atom. The number of ether oxygens (including phenoxy) is 1. The van der Waals surface area contributed by atoms with Crippen LogP contribution in [0.5, 0.6) is 5.75 Å². The first kappa shape index (κ1) is 9.13. The van der Waals surface area contributed by atoms with E-state index in [9.17, 15) is 9.59 Å². The summed E-state index contributed by atoms with van der Waals surface area (Å²) in [4.78, 5) is 21.1. The van der Waals surface area contributed by atoms with Crippen LogP contribution in [0.2, 0.25) is 0 Å². The quantitative estimate of drug-likeness (QED) is 0.385. The van der Waals surface area contributed by atoms with Crippen molar-refractivity contribution < 1.29 is 19.4 Å². The molecule has 1 heterocycles. The molecule has 0 atom stereocenters. The van der Waals surface area contributed by atoms with Gasteiger partial charge >= 0.3 is 11.9 Å². The minimum atomic E-state index is -1.66. The minimum absolute atomic E-state index is 0.0636. The maximum absolute atomic E-state index is 10.8. The predicted octanol–water partition coefficient (Wildman–Crippen LogP) is -0.0521. The number of carboxylic acid groups (broad SMARTS) is 1. The number of hydrogen-bond acceptors (Lipinski definition) is 5. The summed E-state index contributed by atoms with van der Waals surface area (Å²) in [6.07, 6.45) is 0. The highest BCUT2D eigenvalue weighted by Crippen LogP contribution is 2.21. The number of H-pyrrole nitrogens is 1. The Kier molecular flexibility index (Phi) is 2.05. The number of aliphatic carboxylic acids is 1. The van der Waals surface area contributed by atoms with Crippen molar-refractivity contribution in [1.29, 1.82) is 0 Å². The van der Waals surface area contributed by atoms with Crippen LogP contribution in [0.25, 0.3) is 11.0 Å². The molecule has 0 unspecified atom stereocenters. The SMILES string of the molecule is O=C(O)C(=O)Oc1cccc2n[nH]nc12. The van der Waals surface area contributed by atoms with Gasteiger partial charge in [-0.05, 0) is 12.1 Å². The second-order valence-corrected chi connectivity index (χ2v) is 2.64. The first-order chi connectivity index (χ1) is 7.18. The lowest BCUT2D eigenvalue weighted by Gasteiger charge is -1.99. The van der Waals surface area contributed by atoms with Gasteiger partial charge in [0.2, 0.25) is 0 Å². The van der Waals surface area contributed by atoms with Crippen molar-refractivity contribution in [2.24, 2.45) is 0 Å². The van der Waals surface area contributed by atoms with Crippen molar-refractivity contribution in [3.05, 3.63) is 18.2 Å². The molecule has 0 saturated heterocycles. The van der Waals surface area contributed by atoms with Crippen LogP contribution < -0.4 is 4.74 Å². The van der Waals surface area contributed by atoms with E-state index < -0.39 is 11.9 Å². The van der Waals surface area contributed by atoms with Crippen LogP contribution in [0, 0.1) is 0 Å². The minimum Gasteiger partial charge on any atom is -0.473 e. The van der Waals surface area contributed by atoms with E-state index in [4.69, 9.17) is 5.11 Å². The third-order valence-corrected chi connectivity index (χ3v) is 1.69. The zero-order valence-electron chi connectivity index (χ0n) is 7.30. The molecule has 1 aromatic heterocycles. The average Bonchev–Trinajstić information content (AvgIpc) is 2.66. The number of para-hydroxylation sites is 1. The molecule has 2 rings (SSSR count). The summed E-state index contributed by atoms with van der Waals surface area (Å²) in [7, 11) is 0. The largest absolute Gasteiger partial charge is 0.473 e. The maximum atomic E-state index is 10.8. The maximum Gasteiger partial charge on any atom is 0.422 e. The summed E-state index contributed by atoms with van der Waals surface area (Å²) in [5.41, 5.74) is 0.804. The Labute approximate surface area is 82.7 Å². The van der Waals surface area contributed by atoms with Crippen LogP contribution in [0.3, 0.4) is 0 Å². The van der Waals surface area contributed by atoms with Crippen LogP contribution in [0.4, 0.5) is 0 Å². The van der Waals surface area contributed by atoms with Gasteiger partial charge in [0, 0.05) is 0 Å². The van der Waals surface area contributed by atoms with E-state index in [1.807, 2.05) is 0 Å². The molecule has 0 amide bonds. The molecular weight excluding hydrogens is 202 g/mol. The number of nitrogens with zero attached hydrogens (tertiary/aromatic N) is 2. The number of aromatic nitrogens is 3. The van der Waals surface area contributed by atoms with E-state index >= 15 is 0 Å². The molecule has 15 heavy (non-hydrogen) atoms. The van der Waals surface area contributed by atoms with Crippen LogP contribution >= 0.6 is 0 Å². The highest BCUT2D eigenvalue weighted by Gasteiger charge is 2.16. The molecule has 0 aliphatic heterocycles. The van der Waals surface area contributed by atoms with Gasteiger partial charge in [-0.3, -0.25) is 0 Å². The molecule has 2 aromatic rings. The number of nitrogens with one attached hydrogen (secondary N) is 1. The number of carboxylic acids is 1. The number of esters is 1. The predicted molar refractivity (Wildman–Crippen MR) is 47.2 cm³/mol. The van der Waals surface area contributed by atoms with Crippen LogP contribution in [-0.4, -0.2) is 32.5 Å². The summed E-state index contributed by atoms with van der Waals surface area (Å²) in [5, 5.41) is 18.2. The van der Waals surface area contributed by atoms with Crippen molar-refractivity contribution in [2.45, 2.75) is 0 Å². The molecule has 0 saturated carbocycles. The molecule has 7 nitrogen and oxygen atoms in total. The lowest BCUT2D eigenvalue weighted by molar-refractivity contribution is -0.157. The smallest absolute Gasteiger partial charge is 0.422 e.